The van der Waals surface area contributed by atoms with Crippen LogP contribution in [0.4, 0.5) is 32.0 Å². The van der Waals surface area contributed by atoms with Gasteiger partial charge < -0.3 is 4.74 Å². The van der Waals surface area contributed by atoms with Crippen LogP contribution in [-0.4, -0.2) is 23.4 Å². The van der Waals surface area contributed by atoms with Gasteiger partial charge >= 0.3 is 12.4 Å². The second-order valence-electron chi connectivity index (χ2n) is 3.45. The molecule has 0 saturated carbocycles. The highest BCUT2D eigenvalue weighted by atomic mass is 79.9. The van der Waals surface area contributed by atoms with Gasteiger partial charge in [-0.2, -0.15) is 26.3 Å². The predicted molar refractivity (Wildman–Crippen MR) is 57.3 cm³/mol. The number of nitrogens with zero attached hydrogens (tertiary/aromatic N) is 1. The minimum absolute atomic E-state index is 0.303. The number of benzene rings is 1. The van der Waals surface area contributed by atoms with E-state index in [0.29, 0.717) is 12.1 Å². The van der Waals surface area contributed by atoms with E-state index in [1.807, 2.05) is 0 Å². The van der Waals surface area contributed by atoms with Crippen molar-refractivity contribution in [3.05, 3.63) is 32.8 Å². The third kappa shape index (κ3) is 3.99. The van der Waals surface area contributed by atoms with Crippen molar-refractivity contribution >= 4 is 21.6 Å². The standard InChI is InChI=1S/C9H4BrF6NO3/c10-5-3-4(1-2-6(5)17(18)19)20-7(8(11,12)13)9(14,15)16/h1-3,7H. The maximum atomic E-state index is 12.2. The Kier molecular flexibility index (Phi) is 4.52. The molecule has 112 valence electrons. The summed E-state index contributed by atoms with van der Waals surface area (Å²) >= 11 is 2.65. The third-order valence-corrected chi connectivity index (χ3v) is 2.60. The van der Waals surface area contributed by atoms with Gasteiger partial charge in [0.15, 0.2) is 0 Å². The van der Waals surface area contributed by atoms with Crippen molar-refractivity contribution in [3.63, 3.8) is 0 Å². The zero-order valence-electron chi connectivity index (χ0n) is 9.13. The Labute approximate surface area is 115 Å². The number of ether oxygens (including phenoxy) is 1. The molecule has 0 N–H and O–H groups in total. The largest absolute Gasteiger partial charge is 0.471 e. The Morgan fingerprint density at radius 2 is 1.65 bits per heavy atom. The van der Waals surface area contributed by atoms with E-state index in [1.165, 1.54) is 0 Å². The van der Waals surface area contributed by atoms with Crippen molar-refractivity contribution in [2.24, 2.45) is 0 Å². The van der Waals surface area contributed by atoms with Gasteiger partial charge in [0, 0.05) is 12.1 Å². The van der Waals surface area contributed by atoms with Crippen LogP contribution in [0.1, 0.15) is 0 Å². The Morgan fingerprint density at radius 1 is 1.15 bits per heavy atom. The summed E-state index contributed by atoms with van der Waals surface area (Å²) in [5.74, 6) is -0.804. The van der Waals surface area contributed by atoms with Crippen LogP contribution in [0.3, 0.4) is 0 Å². The summed E-state index contributed by atoms with van der Waals surface area (Å²) in [6.07, 6.45) is -15.3. The summed E-state index contributed by atoms with van der Waals surface area (Å²) in [5.41, 5.74) is -0.520. The van der Waals surface area contributed by atoms with Gasteiger partial charge in [0.2, 0.25) is 0 Å². The Hall–Kier alpha value is -1.52. The number of nitro benzene ring substituents is 1. The first-order valence-electron chi connectivity index (χ1n) is 4.67. The fraction of sp³-hybridized carbons (Fsp3) is 0.333. The molecule has 4 nitrogen and oxygen atoms in total. The van der Waals surface area contributed by atoms with Crippen molar-refractivity contribution in [3.8, 4) is 5.75 Å². The Morgan fingerprint density at radius 3 is 2.00 bits per heavy atom. The first-order valence-corrected chi connectivity index (χ1v) is 5.46. The maximum Gasteiger partial charge on any atom is 0.434 e. The number of hydrogen-bond donors (Lipinski definition) is 0. The van der Waals surface area contributed by atoms with Gasteiger partial charge in [0.05, 0.1) is 9.40 Å². The van der Waals surface area contributed by atoms with Crippen molar-refractivity contribution in [2.75, 3.05) is 0 Å². The molecule has 0 fully saturated rings. The van der Waals surface area contributed by atoms with E-state index >= 15 is 0 Å². The molecule has 0 spiro atoms. The first kappa shape index (κ1) is 16.5. The van der Waals surface area contributed by atoms with E-state index < -0.39 is 34.8 Å². The summed E-state index contributed by atoms with van der Waals surface area (Å²) in [6, 6.07) is 2.03. The van der Waals surface area contributed by atoms with E-state index in [9.17, 15) is 36.5 Å². The molecule has 0 heterocycles. The topological polar surface area (TPSA) is 52.4 Å². The second kappa shape index (κ2) is 5.46. The minimum Gasteiger partial charge on any atom is -0.471 e. The van der Waals surface area contributed by atoms with Crippen molar-refractivity contribution in [2.45, 2.75) is 18.5 Å². The molecule has 0 bridgehead atoms. The van der Waals surface area contributed by atoms with Crippen molar-refractivity contribution < 1.29 is 36.0 Å². The van der Waals surface area contributed by atoms with E-state index in [0.717, 1.165) is 6.07 Å². The lowest BCUT2D eigenvalue weighted by Crippen LogP contribution is -2.46. The second-order valence-corrected chi connectivity index (χ2v) is 4.31. The van der Waals surface area contributed by atoms with Crippen LogP contribution < -0.4 is 4.74 Å². The molecule has 1 aromatic rings. The lowest BCUT2D eigenvalue weighted by atomic mass is 10.3. The van der Waals surface area contributed by atoms with Crippen LogP contribution >= 0.6 is 15.9 Å². The lowest BCUT2D eigenvalue weighted by molar-refractivity contribution is -0.385. The van der Waals surface area contributed by atoms with E-state index in [-0.39, 0.29) is 4.47 Å². The summed E-state index contributed by atoms with van der Waals surface area (Å²) in [7, 11) is 0. The number of hydrogen-bond acceptors (Lipinski definition) is 3. The Bertz CT molecular complexity index is 501. The average Bonchev–Trinajstić information content (AvgIpc) is 2.22. The molecule has 0 aliphatic carbocycles. The molecular weight excluding hydrogens is 364 g/mol. The highest BCUT2D eigenvalue weighted by Crippen LogP contribution is 2.38. The fourth-order valence-corrected chi connectivity index (χ4v) is 1.67. The molecule has 0 aromatic heterocycles. The number of alkyl halides is 6. The maximum absolute atomic E-state index is 12.2. The smallest absolute Gasteiger partial charge is 0.434 e. The molecule has 0 saturated heterocycles. The van der Waals surface area contributed by atoms with E-state index in [2.05, 4.69) is 20.7 Å². The SMILES string of the molecule is O=[N+]([O-])c1ccc(OC(C(F)(F)F)C(F)(F)F)cc1Br. The van der Waals surface area contributed by atoms with Gasteiger partial charge in [-0.1, -0.05) is 0 Å². The summed E-state index contributed by atoms with van der Waals surface area (Å²) in [6.45, 7) is 0. The molecule has 11 heteroatoms. The van der Waals surface area contributed by atoms with Crippen LogP contribution in [0, 0.1) is 10.1 Å². The van der Waals surface area contributed by atoms with Crippen LogP contribution in [0.25, 0.3) is 0 Å². The molecule has 20 heavy (non-hydrogen) atoms. The van der Waals surface area contributed by atoms with Crippen LogP contribution in [0.5, 0.6) is 5.75 Å². The first-order chi connectivity index (χ1) is 8.93. The third-order valence-electron chi connectivity index (χ3n) is 1.96. The van der Waals surface area contributed by atoms with Gasteiger partial charge in [0.1, 0.15) is 5.75 Å². The normalized spacial score (nSPS) is 12.6. The molecule has 1 rings (SSSR count). The highest BCUT2D eigenvalue weighted by Gasteiger charge is 2.59. The number of rotatable bonds is 3. The molecular formula is C9H4BrF6NO3. The molecule has 0 radical (unpaired) electrons. The molecule has 0 aliphatic heterocycles. The van der Waals surface area contributed by atoms with Gasteiger partial charge in [0.25, 0.3) is 11.8 Å². The predicted octanol–water partition coefficient (Wildman–Crippen LogP) is 4.23. The summed E-state index contributed by atoms with van der Waals surface area (Å²) < 4.78 is 77.0. The number of halogens is 7. The molecule has 1 aromatic carbocycles. The molecule has 0 amide bonds. The molecule has 0 atom stereocenters. The average molecular weight is 368 g/mol. The zero-order valence-corrected chi connectivity index (χ0v) is 10.7. The van der Waals surface area contributed by atoms with E-state index in [4.69, 9.17) is 0 Å². The van der Waals surface area contributed by atoms with Crippen LogP contribution in [0.15, 0.2) is 22.7 Å². The quantitative estimate of drug-likeness (QED) is 0.456. The lowest BCUT2D eigenvalue weighted by Gasteiger charge is -2.23. The number of nitro groups is 1. The van der Waals surface area contributed by atoms with Crippen molar-refractivity contribution in [1.29, 1.82) is 0 Å². The summed E-state index contributed by atoms with van der Waals surface area (Å²) in [5, 5.41) is 10.4. The van der Waals surface area contributed by atoms with Crippen LogP contribution in [-0.2, 0) is 0 Å². The Balaban J connectivity index is 3.08. The van der Waals surface area contributed by atoms with Gasteiger partial charge in [-0.3, -0.25) is 10.1 Å². The molecule has 0 aliphatic rings. The van der Waals surface area contributed by atoms with Crippen molar-refractivity contribution in [1.82, 2.24) is 0 Å². The molecule has 0 unspecified atom stereocenters. The van der Waals surface area contributed by atoms with Gasteiger partial charge in [-0.05, 0) is 22.0 Å². The van der Waals surface area contributed by atoms with Gasteiger partial charge in [-0.15, -0.1) is 0 Å². The summed E-state index contributed by atoms with van der Waals surface area (Å²) in [4.78, 5) is 9.59. The monoisotopic (exact) mass is 367 g/mol. The fourth-order valence-electron chi connectivity index (χ4n) is 1.16. The zero-order chi connectivity index (χ0) is 15.7. The van der Waals surface area contributed by atoms with Gasteiger partial charge in [-0.25, -0.2) is 0 Å². The van der Waals surface area contributed by atoms with Crippen LogP contribution in [0.2, 0.25) is 0 Å². The highest BCUT2D eigenvalue weighted by molar-refractivity contribution is 9.10. The minimum atomic E-state index is -5.66. The van der Waals surface area contributed by atoms with E-state index in [1.54, 1.807) is 0 Å².